The van der Waals surface area contributed by atoms with Crippen LogP contribution in [0.15, 0.2) is 18.3 Å². The van der Waals surface area contributed by atoms with Crippen LogP contribution in [0.1, 0.15) is 58.3 Å². The van der Waals surface area contributed by atoms with Crippen molar-refractivity contribution in [3.05, 3.63) is 24.0 Å². The van der Waals surface area contributed by atoms with E-state index >= 15 is 0 Å². The van der Waals surface area contributed by atoms with Gasteiger partial charge in [0, 0.05) is 24.7 Å². The van der Waals surface area contributed by atoms with Crippen molar-refractivity contribution in [2.45, 2.75) is 58.2 Å². The van der Waals surface area contributed by atoms with Gasteiger partial charge in [-0.05, 0) is 37.8 Å². The zero-order chi connectivity index (χ0) is 13.2. The maximum absolute atomic E-state index is 11.9. The van der Waals surface area contributed by atoms with Crippen LogP contribution < -0.4 is 0 Å². The fourth-order valence-electron chi connectivity index (χ4n) is 2.74. The first-order valence-electron chi connectivity index (χ1n) is 6.81. The smallest absolute Gasteiger partial charge is 0.136 e. The number of aromatic amines is 1. The van der Waals surface area contributed by atoms with Crippen LogP contribution in [-0.4, -0.2) is 16.4 Å². The third-order valence-electron chi connectivity index (χ3n) is 3.54. The van der Waals surface area contributed by atoms with E-state index in [4.69, 9.17) is 4.74 Å². The van der Waals surface area contributed by atoms with E-state index in [1.807, 2.05) is 18.3 Å². The number of ketones is 1. The fourth-order valence-corrected chi connectivity index (χ4v) is 2.74. The molecule has 1 fully saturated rings. The van der Waals surface area contributed by atoms with Crippen molar-refractivity contribution >= 4 is 5.78 Å². The number of rotatable bonds is 5. The summed E-state index contributed by atoms with van der Waals surface area (Å²) in [6.45, 7) is 6.23. The van der Waals surface area contributed by atoms with Crippen molar-refractivity contribution < 1.29 is 9.53 Å². The van der Waals surface area contributed by atoms with Gasteiger partial charge in [0.2, 0.25) is 0 Å². The highest BCUT2D eigenvalue weighted by molar-refractivity contribution is 5.79. The zero-order valence-electron chi connectivity index (χ0n) is 11.5. The summed E-state index contributed by atoms with van der Waals surface area (Å²) in [6.07, 6.45) is 5.19. The van der Waals surface area contributed by atoms with E-state index in [-0.39, 0.29) is 11.7 Å². The van der Waals surface area contributed by atoms with E-state index in [1.165, 1.54) is 0 Å². The molecule has 0 amide bonds. The maximum Gasteiger partial charge on any atom is 0.136 e. The number of aromatic nitrogens is 1. The van der Waals surface area contributed by atoms with Crippen LogP contribution in [0, 0.1) is 5.92 Å². The molecule has 1 saturated heterocycles. The summed E-state index contributed by atoms with van der Waals surface area (Å²) in [4.78, 5) is 15.1. The van der Waals surface area contributed by atoms with E-state index < -0.39 is 0 Å². The standard InChI is InChI=1S/C15H23NO2/c1-11(2)9-12(17)10-15(3)7-6-14(18-15)13-5-4-8-16-13/h4-5,8,11,14,16H,6-7,9-10H2,1-3H3. The van der Waals surface area contributed by atoms with E-state index in [9.17, 15) is 4.79 Å². The summed E-state index contributed by atoms with van der Waals surface area (Å²) >= 11 is 0. The second kappa shape index (κ2) is 5.27. The van der Waals surface area contributed by atoms with Gasteiger partial charge in [-0.25, -0.2) is 0 Å². The molecule has 2 unspecified atom stereocenters. The van der Waals surface area contributed by atoms with Crippen LogP contribution in [-0.2, 0) is 9.53 Å². The Morgan fingerprint density at radius 2 is 2.39 bits per heavy atom. The molecular formula is C15H23NO2. The average Bonchev–Trinajstić information content (AvgIpc) is 2.84. The molecule has 18 heavy (non-hydrogen) atoms. The third-order valence-corrected chi connectivity index (χ3v) is 3.54. The summed E-state index contributed by atoms with van der Waals surface area (Å²) in [5.74, 6) is 0.751. The van der Waals surface area contributed by atoms with Gasteiger partial charge < -0.3 is 9.72 Å². The molecule has 3 nitrogen and oxygen atoms in total. The Labute approximate surface area is 109 Å². The van der Waals surface area contributed by atoms with Gasteiger partial charge in [-0.3, -0.25) is 4.79 Å². The van der Waals surface area contributed by atoms with Gasteiger partial charge in [0.15, 0.2) is 0 Å². The van der Waals surface area contributed by atoms with Gasteiger partial charge in [-0.15, -0.1) is 0 Å². The molecular weight excluding hydrogens is 226 g/mol. The molecule has 0 aliphatic carbocycles. The van der Waals surface area contributed by atoms with Crippen LogP contribution in [0.25, 0.3) is 0 Å². The van der Waals surface area contributed by atoms with Crippen molar-refractivity contribution in [1.29, 1.82) is 0 Å². The zero-order valence-corrected chi connectivity index (χ0v) is 11.5. The SMILES string of the molecule is CC(C)CC(=O)CC1(C)CCC(c2ccc[nH]2)O1. The molecule has 1 aliphatic rings. The monoisotopic (exact) mass is 249 g/mol. The highest BCUT2D eigenvalue weighted by Crippen LogP contribution is 2.40. The lowest BCUT2D eigenvalue weighted by atomic mass is 9.92. The summed E-state index contributed by atoms with van der Waals surface area (Å²) < 4.78 is 6.09. The average molecular weight is 249 g/mol. The lowest BCUT2D eigenvalue weighted by Crippen LogP contribution is -2.27. The number of carbonyl (C=O) groups excluding carboxylic acids is 1. The molecule has 0 saturated carbocycles. The number of ether oxygens (including phenoxy) is 1. The van der Waals surface area contributed by atoms with Crippen LogP contribution >= 0.6 is 0 Å². The predicted octanol–water partition coefficient (Wildman–Crippen LogP) is 3.63. The molecule has 2 atom stereocenters. The molecule has 100 valence electrons. The minimum absolute atomic E-state index is 0.122. The van der Waals surface area contributed by atoms with Gasteiger partial charge in [-0.2, -0.15) is 0 Å². The topological polar surface area (TPSA) is 42.1 Å². The van der Waals surface area contributed by atoms with Gasteiger partial charge in [0.25, 0.3) is 0 Å². The van der Waals surface area contributed by atoms with Gasteiger partial charge in [-0.1, -0.05) is 13.8 Å². The van der Waals surface area contributed by atoms with Crippen LogP contribution in [0.4, 0.5) is 0 Å². The van der Waals surface area contributed by atoms with Crippen molar-refractivity contribution in [2.24, 2.45) is 5.92 Å². The molecule has 0 radical (unpaired) electrons. The molecule has 2 rings (SSSR count). The van der Waals surface area contributed by atoms with Crippen molar-refractivity contribution in [3.63, 3.8) is 0 Å². The summed E-state index contributed by atoms with van der Waals surface area (Å²) in [6, 6.07) is 4.03. The number of carbonyl (C=O) groups is 1. The van der Waals surface area contributed by atoms with Crippen molar-refractivity contribution in [2.75, 3.05) is 0 Å². The minimum atomic E-state index is -0.276. The molecule has 3 heteroatoms. The quantitative estimate of drug-likeness (QED) is 0.865. The fraction of sp³-hybridized carbons (Fsp3) is 0.667. The second-order valence-electron chi connectivity index (χ2n) is 6.03. The predicted molar refractivity (Wildman–Crippen MR) is 71.3 cm³/mol. The molecule has 0 bridgehead atoms. The number of Topliss-reactive ketones (excluding diaryl/α,β-unsaturated/α-hetero) is 1. The van der Waals surface area contributed by atoms with Gasteiger partial charge in [0.1, 0.15) is 5.78 Å². The Bertz CT molecular complexity index is 397. The number of H-pyrrole nitrogens is 1. The Morgan fingerprint density at radius 3 is 3.00 bits per heavy atom. The van der Waals surface area contributed by atoms with Crippen molar-refractivity contribution in [1.82, 2.24) is 4.98 Å². The Kier molecular flexibility index (Phi) is 3.91. The Balaban J connectivity index is 1.92. The molecule has 1 N–H and O–H groups in total. The molecule has 1 aromatic rings. The molecule has 2 heterocycles. The number of hydrogen-bond acceptors (Lipinski definition) is 2. The molecule has 0 spiro atoms. The minimum Gasteiger partial charge on any atom is -0.365 e. The lowest BCUT2D eigenvalue weighted by Gasteiger charge is -2.24. The number of hydrogen-bond donors (Lipinski definition) is 1. The van der Waals surface area contributed by atoms with Gasteiger partial charge in [0.05, 0.1) is 11.7 Å². The summed E-state index contributed by atoms with van der Waals surface area (Å²) in [7, 11) is 0. The third kappa shape index (κ3) is 3.22. The molecule has 1 aliphatic heterocycles. The number of nitrogens with one attached hydrogen (secondary N) is 1. The molecule has 1 aromatic heterocycles. The summed E-state index contributed by atoms with van der Waals surface area (Å²) in [5, 5.41) is 0. The largest absolute Gasteiger partial charge is 0.365 e. The summed E-state index contributed by atoms with van der Waals surface area (Å²) in [5.41, 5.74) is 0.844. The van der Waals surface area contributed by atoms with Crippen LogP contribution in [0.3, 0.4) is 0 Å². The van der Waals surface area contributed by atoms with E-state index in [0.717, 1.165) is 18.5 Å². The first kappa shape index (κ1) is 13.3. The van der Waals surface area contributed by atoms with Crippen molar-refractivity contribution in [3.8, 4) is 0 Å². The van der Waals surface area contributed by atoms with E-state index in [0.29, 0.717) is 24.5 Å². The van der Waals surface area contributed by atoms with E-state index in [2.05, 4.69) is 25.8 Å². The Hall–Kier alpha value is -1.09. The first-order valence-corrected chi connectivity index (χ1v) is 6.81. The molecule has 0 aromatic carbocycles. The highest BCUT2D eigenvalue weighted by atomic mass is 16.5. The first-order chi connectivity index (χ1) is 8.48. The van der Waals surface area contributed by atoms with E-state index in [1.54, 1.807) is 0 Å². The van der Waals surface area contributed by atoms with Crippen LogP contribution in [0.2, 0.25) is 0 Å². The second-order valence-corrected chi connectivity index (χ2v) is 6.03. The lowest BCUT2D eigenvalue weighted by molar-refractivity contribution is -0.126. The normalized spacial score (nSPS) is 27.9. The Morgan fingerprint density at radius 1 is 1.61 bits per heavy atom. The van der Waals surface area contributed by atoms with Crippen LogP contribution in [0.5, 0.6) is 0 Å². The van der Waals surface area contributed by atoms with Gasteiger partial charge >= 0.3 is 0 Å². The maximum atomic E-state index is 11.9. The highest BCUT2D eigenvalue weighted by Gasteiger charge is 2.38.